The Hall–Kier alpha value is 0.01000. The minimum Gasteiger partial charge on any atom is -0.491 e. The second kappa shape index (κ2) is 6.97. The third kappa shape index (κ3) is 4.01. The molecule has 0 aliphatic rings. The van der Waals surface area contributed by atoms with Crippen LogP contribution in [0.5, 0.6) is 5.75 Å². The molecule has 0 aliphatic carbocycles. The number of halogens is 1. The first-order chi connectivity index (χ1) is 8.42. The van der Waals surface area contributed by atoms with E-state index in [-0.39, 0.29) is 11.5 Å². The minimum absolute atomic E-state index is 0.0301. The highest BCUT2D eigenvalue weighted by molar-refractivity contribution is 7.98. The summed E-state index contributed by atoms with van der Waals surface area (Å²) in [5.41, 5.74) is 1.12. The Morgan fingerprint density at radius 1 is 1.44 bits per heavy atom. The zero-order chi connectivity index (χ0) is 13.8. The zero-order valence-electron chi connectivity index (χ0n) is 11.4. The molecule has 102 valence electrons. The Morgan fingerprint density at radius 3 is 2.61 bits per heavy atom. The van der Waals surface area contributed by atoms with Gasteiger partial charge in [0.15, 0.2) is 0 Å². The summed E-state index contributed by atoms with van der Waals surface area (Å²) in [5, 5.41) is 0.746. The van der Waals surface area contributed by atoms with Crippen LogP contribution in [0.15, 0.2) is 18.2 Å². The molecule has 18 heavy (non-hydrogen) atoms. The number of ether oxygens (including phenoxy) is 1. The number of thioether (sulfide) groups is 1. The molecule has 0 N–H and O–H groups in total. The highest BCUT2D eigenvalue weighted by atomic mass is 35.5. The maximum atomic E-state index is 6.13. The summed E-state index contributed by atoms with van der Waals surface area (Å²) in [7, 11) is 0. The van der Waals surface area contributed by atoms with Gasteiger partial charge in [-0.25, -0.2) is 0 Å². The van der Waals surface area contributed by atoms with E-state index >= 15 is 0 Å². The quantitative estimate of drug-likeness (QED) is 0.764. The summed E-state index contributed by atoms with van der Waals surface area (Å²) >= 11 is 12.4. The lowest BCUT2D eigenvalue weighted by atomic mass is 9.85. The van der Waals surface area contributed by atoms with Crippen molar-refractivity contribution in [1.82, 2.24) is 0 Å². The molecule has 0 fully saturated rings. The normalized spacial score (nSPS) is 14.6. The van der Waals surface area contributed by atoms with Gasteiger partial charge in [0.25, 0.3) is 0 Å². The van der Waals surface area contributed by atoms with Gasteiger partial charge in [0, 0.05) is 27.5 Å². The Labute approximate surface area is 125 Å². The fraction of sp³-hybridized carbons (Fsp3) is 0.571. The molecule has 0 saturated carbocycles. The van der Waals surface area contributed by atoms with Crippen LogP contribution in [0.4, 0.5) is 0 Å². The molecule has 1 unspecified atom stereocenters. The van der Waals surface area contributed by atoms with Crippen LogP contribution < -0.4 is 4.74 Å². The van der Waals surface area contributed by atoms with Gasteiger partial charge in [0.2, 0.25) is 0 Å². The van der Waals surface area contributed by atoms with E-state index in [1.54, 1.807) is 0 Å². The van der Waals surface area contributed by atoms with Crippen LogP contribution in [0.25, 0.3) is 0 Å². The Bertz CT molecular complexity index is 395. The molecule has 1 rings (SSSR count). The van der Waals surface area contributed by atoms with E-state index in [0.717, 1.165) is 27.8 Å². The average Bonchev–Trinajstić information content (AvgIpc) is 2.31. The Morgan fingerprint density at radius 2 is 2.11 bits per heavy atom. The van der Waals surface area contributed by atoms with Gasteiger partial charge in [-0.1, -0.05) is 18.5 Å². The highest BCUT2D eigenvalue weighted by Gasteiger charge is 2.28. The van der Waals surface area contributed by atoms with E-state index in [1.165, 1.54) is 0 Å². The predicted octanol–water partition coefficient (Wildman–Crippen LogP) is 4.68. The van der Waals surface area contributed by atoms with Gasteiger partial charge in [-0.2, -0.15) is 24.4 Å². The van der Waals surface area contributed by atoms with E-state index in [9.17, 15) is 0 Å². The van der Waals surface area contributed by atoms with Crippen LogP contribution in [-0.2, 0) is 5.41 Å². The monoisotopic (exact) mass is 304 g/mol. The van der Waals surface area contributed by atoms with Crippen molar-refractivity contribution in [1.29, 1.82) is 0 Å². The molecule has 1 aromatic carbocycles. The first-order valence-corrected chi connectivity index (χ1v) is 8.40. The van der Waals surface area contributed by atoms with Crippen LogP contribution in [-0.4, -0.2) is 23.9 Å². The van der Waals surface area contributed by atoms with E-state index < -0.39 is 0 Å². The van der Waals surface area contributed by atoms with E-state index in [0.29, 0.717) is 0 Å². The first kappa shape index (κ1) is 16.1. The van der Waals surface area contributed by atoms with Crippen molar-refractivity contribution in [3.05, 3.63) is 28.8 Å². The minimum atomic E-state index is -0.0301. The molecule has 1 nitrogen and oxygen atoms in total. The van der Waals surface area contributed by atoms with Gasteiger partial charge in [-0.15, -0.1) is 0 Å². The van der Waals surface area contributed by atoms with Crippen molar-refractivity contribution < 1.29 is 4.74 Å². The summed E-state index contributed by atoms with van der Waals surface area (Å²) in [6.45, 7) is 6.27. The van der Waals surface area contributed by atoms with E-state index in [4.69, 9.17) is 16.3 Å². The lowest BCUT2D eigenvalue weighted by Crippen LogP contribution is -2.28. The molecular weight excluding hydrogens is 284 g/mol. The van der Waals surface area contributed by atoms with Gasteiger partial charge >= 0.3 is 0 Å². The lowest BCUT2D eigenvalue weighted by Gasteiger charge is -2.30. The maximum Gasteiger partial charge on any atom is 0.123 e. The van der Waals surface area contributed by atoms with Crippen molar-refractivity contribution in [3.63, 3.8) is 0 Å². The molecule has 0 amide bonds. The molecule has 0 radical (unpaired) electrons. The summed E-state index contributed by atoms with van der Waals surface area (Å²) < 4.78 is 5.89. The highest BCUT2D eigenvalue weighted by Crippen LogP contribution is 2.37. The number of hydrogen-bond acceptors (Lipinski definition) is 3. The standard InChI is InChI=1S/C14H21ClOS2/c1-10(2)16-13-6-5-11(15)7-12(13)14(3,8-17)9-18-4/h5-7,10,17H,8-9H2,1-4H3. The number of benzene rings is 1. The SMILES string of the molecule is CSCC(C)(CS)c1cc(Cl)ccc1OC(C)C. The molecule has 4 heteroatoms. The first-order valence-electron chi connectivity index (χ1n) is 5.99. The summed E-state index contributed by atoms with van der Waals surface area (Å²) in [5.74, 6) is 2.67. The molecule has 0 bridgehead atoms. The molecular formula is C14H21ClOS2. The Kier molecular flexibility index (Phi) is 6.22. The zero-order valence-corrected chi connectivity index (χ0v) is 13.8. The van der Waals surface area contributed by atoms with Crippen molar-refractivity contribution in [2.45, 2.75) is 32.3 Å². The molecule has 0 aromatic heterocycles. The number of thiol groups is 1. The van der Waals surface area contributed by atoms with Crippen molar-refractivity contribution >= 4 is 36.0 Å². The van der Waals surface area contributed by atoms with Crippen LogP contribution in [0.2, 0.25) is 5.02 Å². The smallest absolute Gasteiger partial charge is 0.123 e. The summed E-state index contributed by atoms with van der Waals surface area (Å²) in [6, 6.07) is 5.84. The topological polar surface area (TPSA) is 9.23 Å². The van der Waals surface area contributed by atoms with Gasteiger partial charge < -0.3 is 4.74 Å². The molecule has 1 atom stereocenters. The van der Waals surface area contributed by atoms with Crippen LogP contribution in [0.3, 0.4) is 0 Å². The molecule has 0 saturated heterocycles. The summed E-state index contributed by atoms with van der Waals surface area (Å²) in [6.07, 6.45) is 2.26. The van der Waals surface area contributed by atoms with Crippen molar-refractivity contribution in [2.75, 3.05) is 17.8 Å². The van der Waals surface area contributed by atoms with Crippen LogP contribution in [0.1, 0.15) is 26.3 Å². The second-order valence-electron chi connectivity index (χ2n) is 4.96. The summed E-state index contributed by atoms with van der Waals surface area (Å²) in [4.78, 5) is 0. The predicted molar refractivity (Wildman–Crippen MR) is 86.8 cm³/mol. The second-order valence-corrected chi connectivity index (χ2v) is 6.58. The van der Waals surface area contributed by atoms with Gasteiger partial charge in [0.05, 0.1) is 6.10 Å². The Balaban J connectivity index is 3.21. The van der Waals surface area contributed by atoms with Crippen molar-refractivity contribution in [2.24, 2.45) is 0 Å². The maximum absolute atomic E-state index is 6.13. The number of hydrogen-bond donors (Lipinski definition) is 1. The fourth-order valence-electron chi connectivity index (χ4n) is 1.86. The third-order valence-corrected chi connectivity index (χ3v) is 4.63. The van der Waals surface area contributed by atoms with E-state index in [2.05, 4.69) is 25.8 Å². The molecule has 0 spiro atoms. The fourth-order valence-corrected chi connectivity index (χ4v) is 3.36. The molecule has 0 heterocycles. The number of rotatable bonds is 6. The molecule has 0 aliphatic heterocycles. The van der Waals surface area contributed by atoms with Crippen LogP contribution in [0, 0.1) is 0 Å². The largest absolute Gasteiger partial charge is 0.491 e. The lowest BCUT2D eigenvalue weighted by molar-refractivity contribution is 0.237. The molecule has 1 aromatic rings. The third-order valence-electron chi connectivity index (χ3n) is 2.77. The van der Waals surface area contributed by atoms with Gasteiger partial charge in [-0.3, -0.25) is 0 Å². The van der Waals surface area contributed by atoms with Crippen LogP contribution >= 0.6 is 36.0 Å². The average molecular weight is 305 g/mol. The van der Waals surface area contributed by atoms with E-state index in [1.807, 2.05) is 43.8 Å². The van der Waals surface area contributed by atoms with Gasteiger partial charge in [0.1, 0.15) is 5.75 Å². The van der Waals surface area contributed by atoms with Crippen molar-refractivity contribution in [3.8, 4) is 5.75 Å². The van der Waals surface area contributed by atoms with Gasteiger partial charge in [-0.05, 0) is 38.3 Å².